The van der Waals surface area contributed by atoms with E-state index in [9.17, 15) is 4.79 Å². The topological polar surface area (TPSA) is 63.2 Å². The summed E-state index contributed by atoms with van der Waals surface area (Å²) in [5.41, 5.74) is 0.959. The number of guanidine groups is 1. The Kier molecular flexibility index (Phi) is 7.06. The van der Waals surface area contributed by atoms with Gasteiger partial charge in [0.1, 0.15) is 0 Å². The summed E-state index contributed by atoms with van der Waals surface area (Å²) in [5, 5.41) is 6.79. The molecule has 3 rings (SSSR count). The first kappa shape index (κ1) is 19.6. The maximum absolute atomic E-state index is 12.3. The predicted octanol–water partition coefficient (Wildman–Crippen LogP) is 0.594. The van der Waals surface area contributed by atoms with Crippen molar-refractivity contribution in [2.45, 2.75) is 19.4 Å². The summed E-state index contributed by atoms with van der Waals surface area (Å²) in [6.07, 6.45) is 0.495. The Morgan fingerprint density at radius 3 is 2.52 bits per heavy atom. The number of aliphatic imine (C=N–C) groups is 1. The number of hydrogen-bond acceptors (Lipinski definition) is 4. The molecule has 1 aromatic carbocycles. The van der Waals surface area contributed by atoms with Crippen molar-refractivity contribution >= 4 is 17.6 Å². The Bertz CT molecular complexity index is 627. The minimum atomic E-state index is 0.0806. The van der Waals surface area contributed by atoms with E-state index in [1.807, 2.05) is 35.2 Å². The molecule has 2 heterocycles. The Morgan fingerprint density at radius 2 is 1.85 bits per heavy atom. The van der Waals surface area contributed by atoms with Gasteiger partial charge in [-0.15, -0.1) is 0 Å². The molecule has 0 bridgehead atoms. The van der Waals surface area contributed by atoms with Crippen LogP contribution >= 0.6 is 0 Å². The SMILES string of the molecule is CCN1CCN(CCNC(=NC)NC2CC(=O)N(c3ccccc3)C2)CC1. The average molecular weight is 373 g/mol. The standard InChI is InChI=1S/C20H32N6O/c1-3-24-11-13-25(14-12-24)10-9-22-20(21-2)23-17-15-19(27)26(16-17)18-7-5-4-6-8-18/h4-8,17H,3,9-16H2,1-2H3,(H2,21,22,23). The lowest BCUT2D eigenvalue weighted by Crippen LogP contribution is -2.50. The highest BCUT2D eigenvalue weighted by atomic mass is 16.2. The Balaban J connectivity index is 1.41. The van der Waals surface area contributed by atoms with Gasteiger partial charge < -0.3 is 20.4 Å². The van der Waals surface area contributed by atoms with Gasteiger partial charge in [-0.25, -0.2) is 0 Å². The molecule has 0 radical (unpaired) electrons. The lowest BCUT2D eigenvalue weighted by Gasteiger charge is -2.34. The van der Waals surface area contributed by atoms with Gasteiger partial charge in [0, 0.05) is 65.0 Å². The number of amides is 1. The van der Waals surface area contributed by atoms with E-state index in [2.05, 4.69) is 32.3 Å². The van der Waals surface area contributed by atoms with Crippen LogP contribution in [0.4, 0.5) is 5.69 Å². The van der Waals surface area contributed by atoms with Crippen molar-refractivity contribution in [3.63, 3.8) is 0 Å². The molecular formula is C20H32N6O. The van der Waals surface area contributed by atoms with Gasteiger partial charge in [-0.1, -0.05) is 25.1 Å². The molecule has 0 aromatic heterocycles. The van der Waals surface area contributed by atoms with Gasteiger partial charge in [0.2, 0.25) is 5.91 Å². The van der Waals surface area contributed by atoms with E-state index in [4.69, 9.17) is 0 Å². The number of para-hydroxylation sites is 1. The summed E-state index contributed by atoms with van der Waals surface area (Å²) < 4.78 is 0. The molecule has 7 heteroatoms. The van der Waals surface area contributed by atoms with Crippen molar-refractivity contribution < 1.29 is 4.79 Å². The van der Waals surface area contributed by atoms with Gasteiger partial charge in [0.15, 0.2) is 5.96 Å². The second-order valence-electron chi connectivity index (χ2n) is 7.16. The molecule has 2 fully saturated rings. The number of benzene rings is 1. The zero-order valence-electron chi connectivity index (χ0n) is 16.5. The fourth-order valence-electron chi connectivity index (χ4n) is 3.71. The maximum atomic E-state index is 12.3. The third-order valence-electron chi connectivity index (χ3n) is 5.39. The molecule has 2 N–H and O–H groups in total. The Labute approximate surface area is 162 Å². The highest BCUT2D eigenvalue weighted by Gasteiger charge is 2.31. The van der Waals surface area contributed by atoms with Crippen LogP contribution in [0.1, 0.15) is 13.3 Å². The molecule has 1 atom stereocenters. The van der Waals surface area contributed by atoms with E-state index in [1.54, 1.807) is 7.05 Å². The van der Waals surface area contributed by atoms with Crippen LogP contribution in [0.15, 0.2) is 35.3 Å². The normalized spacial score (nSPS) is 22.3. The highest BCUT2D eigenvalue weighted by molar-refractivity contribution is 5.97. The molecule has 2 aliphatic heterocycles. The minimum Gasteiger partial charge on any atom is -0.355 e. The van der Waals surface area contributed by atoms with Crippen LogP contribution in [-0.4, -0.2) is 87.1 Å². The van der Waals surface area contributed by atoms with Crippen LogP contribution in [-0.2, 0) is 4.79 Å². The lowest BCUT2D eigenvalue weighted by atomic mass is 10.2. The number of carbonyl (C=O) groups excluding carboxylic acids is 1. The van der Waals surface area contributed by atoms with E-state index >= 15 is 0 Å². The molecule has 27 heavy (non-hydrogen) atoms. The monoisotopic (exact) mass is 372 g/mol. The zero-order valence-corrected chi connectivity index (χ0v) is 16.5. The summed E-state index contributed by atoms with van der Waals surface area (Å²) >= 11 is 0. The number of nitrogens with one attached hydrogen (secondary N) is 2. The molecule has 0 saturated carbocycles. The molecule has 0 spiro atoms. The number of nitrogens with zero attached hydrogens (tertiary/aromatic N) is 4. The van der Waals surface area contributed by atoms with Gasteiger partial charge in [0.25, 0.3) is 0 Å². The minimum absolute atomic E-state index is 0.0806. The number of rotatable bonds is 6. The summed E-state index contributed by atoms with van der Waals surface area (Å²) in [7, 11) is 1.78. The van der Waals surface area contributed by atoms with E-state index in [0.29, 0.717) is 13.0 Å². The fourth-order valence-corrected chi connectivity index (χ4v) is 3.71. The van der Waals surface area contributed by atoms with Gasteiger partial charge in [-0.05, 0) is 18.7 Å². The average Bonchev–Trinajstić information content (AvgIpc) is 3.08. The maximum Gasteiger partial charge on any atom is 0.229 e. The highest BCUT2D eigenvalue weighted by Crippen LogP contribution is 2.20. The van der Waals surface area contributed by atoms with Crippen LogP contribution in [0.2, 0.25) is 0 Å². The van der Waals surface area contributed by atoms with Gasteiger partial charge in [-0.2, -0.15) is 0 Å². The van der Waals surface area contributed by atoms with E-state index in [1.165, 1.54) is 0 Å². The molecule has 2 aliphatic rings. The number of piperazine rings is 1. The Morgan fingerprint density at radius 1 is 1.15 bits per heavy atom. The summed E-state index contributed by atoms with van der Waals surface area (Å²) in [6.45, 7) is 10.5. The smallest absolute Gasteiger partial charge is 0.229 e. The van der Waals surface area contributed by atoms with Crippen LogP contribution < -0.4 is 15.5 Å². The van der Waals surface area contributed by atoms with Gasteiger partial charge in [0.05, 0.1) is 6.04 Å². The summed E-state index contributed by atoms with van der Waals surface area (Å²) in [4.78, 5) is 23.5. The lowest BCUT2D eigenvalue weighted by molar-refractivity contribution is -0.117. The first-order valence-corrected chi connectivity index (χ1v) is 9.97. The van der Waals surface area contributed by atoms with Crippen LogP contribution in [0.25, 0.3) is 0 Å². The van der Waals surface area contributed by atoms with Gasteiger partial charge >= 0.3 is 0 Å². The quantitative estimate of drug-likeness (QED) is 0.565. The van der Waals surface area contributed by atoms with Crippen molar-refractivity contribution in [2.24, 2.45) is 4.99 Å². The van der Waals surface area contributed by atoms with Crippen LogP contribution in [0.3, 0.4) is 0 Å². The van der Waals surface area contributed by atoms with Crippen molar-refractivity contribution in [1.29, 1.82) is 0 Å². The van der Waals surface area contributed by atoms with Crippen molar-refractivity contribution in [3.8, 4) is 0 Å². The second-order valence-corrected chi connectivity index (χ2v) is 7.16. The molecule has 7 nitrogen and oxygen atoms in total. The molecule has 148 valence electrons. The number of anilines is 1. The molecule has 0 aliphatic carbocycles. The van der Waals surface area contributed by atoms with Crippen molar-refractivity contribution in [1.82, 2.24) is 20.4 Å². The van der Waals surface area contributed by atoms with E-state index in [0.717, 1.165) is 57.5 Å². The van der Waals surface area contributed by atoms with Crippen molar-refractivity contribution in [3.05, 3.63) is 30.3 Å². The Hall–Kier alpha value is -2.12. The first-order valence-electron chi connectivity index (χ1n) is 9.97. The zero-order chi connectivity index (χ0) is 19.1. The summed E-state index contributed by atoms with van der Waals surface area (Å²) in [5.74, 6) is 0.929. The largest absolute Gasteiger partial charge is 0.355 e. The van der Waals surface area contributed by atoms with E-state index in [-0.39, 0.29) is 11.9 Å². The number of carbonyl (C=O) groups is 1. The molecule has 1 amide bonds. The predicted molar refractivity (Wildman–Crippen MR) is 110 cm³/mol. The van der Waals surface area contributed by atoms with Gasteiger partial charge in [-0.3, -0.25) is 14.7 Å². The second kappa shape index (κ2) is 9.71. The molecule has 2 saturated heterocycles. The first-order chi connectivity index (χ1) is 13.2. The third kappa shape index (κ3) is 5.43. The number of hydrogen-bond donors (Lipinski definition) is 2. The van der Waals surface area contributed by atoms with Crippen LogP contribution in [0, 0.1) is 0 Å². The number of likely N-dealkylation sites (N-methyl/N-ethyl adjacent to an activating group) is 1. The third-order valence-corrected chi connectivity index (χ3v) is 5.39. The molecule has 1 aromatic rings. The van der Waals surface area contributed by atoms with E-state index < -0.39 is 0 Å². The molecule has 1 unspecified atom stereocenters. The van der Waals surface area contributed by atoms with Crippen molar-refractivity contribution in [2.75, 3.05) is 64.3 Å². The molecular weight excluding hydrogens is 340 g/mol. The van der Waals surface area contributed by atoms with Crippen LogP contribution in [0.5, 0.6) is 0 Å². The summed E-state index contributed by atoms with van der Waals surface area (Å²) in [6, 6.07) is 9.93. The fraction of sp³-hybridized carbons (Fsp3) is 0.600.